The lowest BCUT2D eigenvalue weighted by Gasteiger charge is -2.25. The Labute approximate surface area is 145 Å². The first-order chi connectivity index (χ1) is 11.7. The van der Waals surface area contributed by atoms with Crippen molar-refractivity contribution in [3.05, 3.63) is 35.7 Å². The summed E-state index contributed by atoms with van der Waals surface area (Å²) in [5.74, 6) is -2.27. The monoisotopic (exact) mass is 351 g/mol. The van der Waals surface area contributed by atoms with E-state index in [1.165, 1.54) is 4.68 Å². The van der Waals surface area contributed by atoms with Gasteiger partial charge in [-0.05, 0) is 45.6 Å². The van der Waals surface area contributed by atoms with Crippen LogP contribution in [0, 0.1) is 12.3 Å². The van der Waals surface area contributed by atoms with Crippen molar-refractivity contribution in [2.45, 2.75) is 51.5 Å². The first-order valence-corrected chi connectivity index (χ1v) is 8.40. The summed E-state index contributed by atoms with van der Waals surface area (Å²) in [5, 5.41) is 6.91. The number of carbonyl (C=O) groups excluding carboxylic acids is 1. The zero-order valence-corrected chi connectivity index (χ0v) is 14.6. The Kier molecular flexibility index (Phi) is 4.38. The Morgan fingerprint density at radius 1 is 1.52 bits per heavy atom. The number of hydrogen-bond acceptors (Lipinski definition) is 3. The molecule has 0 saturated heterocycles. The average Bonchev–Trinajstić information content (AvgIpc) is 3.03. The molecule has 2 N–H and O–H groups in total. The summed E-state index contributed by atoms with van der Waals surface area (Å²) in [7, 11) is 1.68. The van der Waals surface area contributed by atoms with Gasteiger partial charge in [-0.2, -0.15) is 5.10 Å². The van der Waals surface area contributed by atoms with Crippen LogP contribution in [0.4, 0.5) is 8.78 Å². The maximum atomic E-state index is 13.8. The number of carbonyl (C=O) groups is 1. The summed E-state index contributed by atoms with van der Waals surface area (Å²) in [6.45, 7) is 2.80. The van der Waals surface area contributed by atoms with Crippen molar-refractivity contribution in [1.82, 2.24) is 25.1 Å². The van der Waals surface area contributed by atoms with Crippen molar-refractivity contribution < 1.29 is 13.6 Å². The third kappa shape index (κ3) is 3.57. The van der Waals surface area contributed by atoms with Gasteiger partial charge in [0.1, 0.15) is 11.5 Å². The number of amides is 1. The van der Waals surface area contributed by atoms with Crippen LogP contribution in [0.5, 0.6) is 0 Å². The van der Waals surface area contributed by atoms with E-state index in [9.17, 15) is 13.6 Å². The molecular formula is C17H23F2N5O. The molecule has 1 aliphatic rings. The van der Waals surface area contributed by atoms with E-state index in [2.05, 4.69) is 20.4 Å². The van der Waals surface area contributed by atoms with E-state index in [0.29, 0.717) is 31.4 Å². The van der Waals surface area contributed by atoms with E-state index in [-0.39, 0.29) is 5.91 Å². The van der Waals surface area contributed by atoms with Crippen LogP contribution in [0.15, 0.2) is 18.5 Å². The first-order valence-electron chi connectivity index (χ1n) is 8.40. The second-order valence-electron chi connectivity index (χ2n) is 7.00. The van der Waals surface area contributed by atoms with Crippen LogP contribution in [0.3, 0.4) is 0 Å². The molecule has 0 bridgehead atoms. The van der Waals surface area contributed by atoms with Crippen molar-refractivity contribution in [2.24, 2.45) is 12.5 Å². The number of H-pyrrole nitrogens is 1. The molecule has 1 aliphatic carbocycles. The van der Waals surface area contributed by atoms with Crippen molar-refractivity contribution in [2.75, 3.05) is 0 Å². The lowest BCUT2D eigenvalue weighted by molar-refractivity contribution is -0.0593. The number of halogens is 2. The highest BCUT2D eigenvalue weighted by atomic mass is 19.3. The van der Waals surface area contributed by atoms with Gasteiger partial charge in [-0.3, -0.25) is 9.48 Å². The van der Waals surface area contributed by atoms with Gasteiger partial charge in [0.25, 0.3) is 11.8 Å². The van der Waals surface area contributed by atoms with Crippen LogP contribution in [-0.2, 0) is 7.05 Å². The molecule has 25 heavy (non-hydrogen) atoms. The highest BCUT2D eigenvalue weighted by Gasteiger charge is 2.58. The van der Waals surface area contributed by atoms with Gasteiger partial charge in [-0.25, -0.2) is 13.8 Å². The predicted octanol–water partition coefficient (Wildman–Crippen LogP) is 3.14. The third-order valence-corrected chi connectivity index (χ3v) is 5.15. The number of aromatic amines is 1. The van der Waals surface area contributed by atoms with Crippen LogP contribution in [-0.4, -0.2) is 31.6 Å². The van der Waals surface area contributed by atoms with Gasteiger partial charge in [0, 0.05) is 18.7 Å². The highest BCUT2D eigenvalue weighted by molar-refractivity contribution is 5.92. The molecule has 8 heteroatoms. The Hall–Kier alpha value is -2.25. The molecule has 2 aromatic rings. The number of aromatic nitrogens is 4. The van der Waals surface area contributed by atoms with E-state index in [1.807, 2.05) is 6.92 Å². The van der Waals surface area contributed by atoms with Gasteiger partial charge in [0.05, 0.1) is 17.9 Å². The quantitative estimate of drug-likeness (QED) is 0.805. The van der Waals surface area contributed by atoms with E-state index >= 15 is 0 Å². The van der Waals surface area contributed by atoms with Crippen molar-refractivity contribution >= 4 is 5.91 Å². The van der Waals surface area contributed by atoms with Gasteiger partial charge < -0.3 is 10.3 Å². The van der Waals surface area contributed by atoms with Crippen LogP contribution in [0.25, 0.3) is 0 Å². The second kappa shape index (κ2) is 6.24. The van der Waals surface area contributed by atoms with E-state index < -0.39 is 17.4 Å². The third-order valence-electron chi connectivity index (χ3n) is 5.15. The fraction of sp³-hybridized carbons (Fsp3) is 0.588. The molecule has 0 aromatic carbocycles. The zero-order valence-electron chi connectivity index (χ0n) is 14.6. The van der Waals surface area contributed by atoms with Gasteiger partial charge in [0.2, 0.25) is 0 Å². The summed E-state index contributed by atoms with van der Waals surface area (Å²) < 4.78 is 29.2. The number of nitrogens with one attached hydrogen (secondary N) is 2. The van der Waals surface area contributed by atoms with Gasteiger partial charge in [-0.15, -0.1) is 0 Å². The molecule has 6 nitrogen and oxygen atoms in total. The lowest BCUT2D eigenvalue weighted by atomic mass is 9.90. The largest absolute Gasteiger partial charge is 0.344 e. The van der Waals surface area contributed by atoms with Crippen LogP contribution in [0.2, 0.25) is 0 Å². The Morgan fingerprint density at radius 2 is 2.24 bits per heavy atom. The Morgan fingerprint density at radius 3 is 2.72 bits per heavy atom. The molecular weight excluding hydrogens is 328 g/mol. The Bertz CT molecular complexity index is 757. The fourth-order valence-electron chi connectivity index (χ4n) is 3.23. The molecule has 0 radical (unpaired) electrons. The number of nitrogens with zero attached hydrogens (tertiary/aromatic N) is 3. The highest BCUT2D eigenvalue weighted by Crippen LogP contribution is 2.60. The molecule has 1 saturated carbocycles. The van der Waals surface area contributed by atoms with Gasteiger partial charge >= 0.3 is 0 Å². The molecule has 1 atom stereocenters. The maximum absolute atomic E-state index is 13.8. The summed E-state index contributed by atoms with van der Waals surface area (Å²) in [6.07, 6.45) is 5.02. The summed E-state index contributed by atoms with van der Waals surface area (Å²) in [5.41, 5.74) is 0.212. The number of hydrogen-bond donors (Lipinski definition) is 2. The molecule has 1 fully saturated rings. The standard InChI is InChI=1S/C17H23F2N5O/c1-11-20-10-13(22-11)12(4-6-17(7-8-17)16(2,18)19)23-15(25)14-5-9-21-24(14)3/h5,9-10,12H,4,6-8H2,1-3H3,(H,20,22)(H,23,25). The van der Waals surface area contributed by atoms with Crippen LogP contribution < -0.4 is 5.32 Å². The molecule has 0 aliphatic heterocycles. The minimum atomic E-state index is -2.70. The summed E-state index contributed by atoms with van der Waals surface area (Å²) in [4.78, 5) is 19.8. The first kappa shape index (κ1) is 17.6. The Balaban J connectivity index is 1.74. The van der Waals surface area contributed by atoms with Crippen molar-refractivity contribution in [3.8, 4) is 0 Å². The maximum Gasteiger partial charge on any atom is 0.270 e. The minimum Gasteiger partial charge on any atom is -0.344 e. The molecule has 2 heterocycles. The van der Waals surface area contributed by atoms with Crippen LogP contribution in [0.1, 0.15) is 60.7 Å². The van der Waals surface area contributed by atoms with E-state index in [0.717, 1.165) is 18.4 Å². The van der Waals surface area contributed by atoms with E-state index in [1.54, 1.807) is 25.5 Å². The number of imidazole rings is 1. The summed E-state index contributed by atoms with van der Waals surface area (Å²) >= 11 is 0. The minimum absolute atomic E-state index is 0.287. The fourth-order valence-corrected chi connectivity index (χ4v) is 3.23. The number of rotatable bonds is 7. The topological polar surface area (TPSA) is 75.6 Å². The molecule has 3 rings (SSSR count). The summed E-state index contributed by atoms with van der Waals surface area (Å²) in [6, 6.07) is 1.22. The molecule has 1 unspecified atom stereocenters. The SMILES string of the molecule is Cc1ncc(C(CCC2(C(C)(F)F)CC2)NC(=O)c2ccnn2C)[nH]1. The van der Waals surface area contributed by atoms with Crippen molar-refractivity contribution in [3.63, 3.8) is 0 Å². The zero-order chi connectivity index (χ0) is 18.2. The van der Waals surface area contributed by atoms with Gasteiger partial charge in [-0.1, -0.05) is 0 Å². The molecule has 136 valence electrons. The van der Waals surface area contributed by atoms with E-state index in [4.69, 9.17) is 0 Å². The molecule has 2 aromatic heterocycles. The number of aryl methyl sites for hydroxylation is 2. The molecule has 0 spiro atoms. The smallest absolute Gasteiger partial charge is 0.270 e. The predicted molar refractivity (Wildman–Crippen MR) is 88.3 cm³/mol. The second-order valence-corrected chi connectivity index (χ2v) is 7.00. The number of alkyl halides is 2. The molecule has 1 amide bonds. The van der Waals surface area contributed by atoms with Crippen molar-refractivity contribution in [1.29, 1.82) is 0 Å². The normalized spacial score (nSPS) is 17.3. The lowest BCUT2D eigenvalue weighted by Crippen LogP contribution is -2.32. The van der Waals surface area contributed by atoms with Crippen LogP contribution >= 0.6 is 0 Å². The van der Waals surface area contributed by atoms with Gasteiger partial charge in [0.15, 0.2) is 0 Å². The average molecular weight is 351 g/mol.